The molecule has 0 aliphatic rings. The van der Waals surface area contributed by atoms with Gasteiger partial charge in [0.15, 0.2) is 6.73 Å². The summed E-state index contributed by atoms with van der Waals surface area (Å²) in [6.07, 6.45) is 0. The number of carbonyl (C=O) groups is 1. The minimum absolute atomic E-state index is 0.114. The molecule has 0 heterocycles. The lowest BCUT2D eigenvalue weighted by Gasteiger charge is -2.16. The number of carbonyl (C=O) groups excluding carboxylic acids is 1. The molecule has 0 saturated carbocycles. The Hall–Kier alpha value is -2.69. The van der Waals surface area contributed by atoms with Crippen LogP contribution in [-0.2, 0) is 0 Å². The Morgan fingerprint density at radius 2 is 1.83 bits per heavy atom. The predicted molar refractivity (Wildman–Crippen MR) is 94.5 cm³/mol. The highest BCUT2D eigenvalue weighted by molar-refractivity contribution is 5.74. The molecule has 2 amide bonds. The molecule has 2 aromatic rings. The van der Waals surface area contributed by atoms with Crippen molar-refractivity contribution in [1.82, 2.24) is 10.6 Å². The van der Waals surface area contributed by atoms with E-state index in [4.69, 9.17) is 9.47 Å². The molecule has 128 valence electrons. The number of aryl methyl sites for hydroxylation is 1. The van der Waals surface area contributed by atoms with Crippen LogP contribution in [0.3, 0.4) is 0 Å². The smallest absolute Gasteiger partial charge is 0.317 e. The number of amides is 2. The number of urea groups is 1. The van der Waals surface area contributed by atoms with E-state index in [-0.39, 0.29) is 18.8 Å². The van der Waals surface area contributed by atoms with Crippen LogP contribution in [0.25, 0.3) is 0 Å². The lowest BCUT2D eigenvalue weighted by Crippen LogP contribution is -2.39. The molecule has 0 aliphatic heterocycles. The summed E-state index contributed by atoms with van der Waals surface area (Å²) in [6, 6.07) is 13.1. The van der Waals surface area contributed by atoms with Crippen molar-refractivity contribution in [3.8, 4) is 11.5 Å². The monoisotopic (exact) mass is 328 g/mol. The third kappa shape index (κ3) is 4.65. The minimum atomic E-state index is -0.274. The fraction of sp³-hybridized carbons (Fsp3) is 0.316. The molecule has 0 aliphatic carbocycles. The van der Waals surface area contributed by atoms with Gasteiger partial charge in [-0.1, -0.05) is 24.3 Å². The van der Waals surface area contributed by atoms with Gasteiger partial charge in [0.1, 0.15) is 11.5 Å². The normalized spacial score (nSPS) is 11.5. The number of methoxy groups -OCH3 is 1. The SMILES string of the molecule is COc1ccc(C(C)NC(=O)NCOc2cccc(C)c2C)cc1. The first kappa shape index (κ1) is 17.7. The van der Waals surface area contributed by atoms with Crippen LogP contribution in [0.5, 0.6) is 11.5 Å². The fourth-order valence-electron chi connectivity index (χ4n) is 2.28. The molecule has 1 atom stereocenters. The van der Waals surface area contributed by atoms with Crippen molar-refractivity contribution in [3.63, 3.8) is 0 Å². The molecule has 0 spiro atoms. The van der Waals surface area contributed by atoms with Gasteiger partial charge in [0.05, 0.1) is 13.2 Å². The maximum absolute atomic E-state index is 12.0. The molecule has 0 aromatic heterocycles. The number of hydrogen-bond donors (Lipinski definition) is 2. The number of ether oxygens (including phenoxy) is 2. The van der Waals surface area contributed by atoms with Crippen molar-refractivity contribution >= 4 is 6.03 Å². The predicted octanol–water partition coefficient (Wildman–Crippen LogP) is 3.71. The van der Waals surface area contributed by atoms with Gasteiger partial charge in [-0.15, -0.1) is 0 Å². The van der Waals surface area contributed by atoms with Crippen LogP contribution < -0.4 is 20.1 Å². The Labute approximate surface area is 143 Å². The van der Waals surface area contributed by atoms with Gasteiger partial charge in [0.25, 0.3) is 0 Å². The highest BCUT2D eigenvalue weighted by Crippen LogP contribution is 2.20. The highest BCUT2D eigenvalue weighted by Gasteiger charge is 2.09. The van der Waals surface area contributed by atoms with Gasteiger partial charge in [0.2, 0.25) is 0 Å². The van der Waals surface area contributed by atoms with Crippen molar-refractivity contribution in [3.05, 3.63) is 59.2 Å². The van der Waals surface area contributed by atoms with E-state index in [1.165, 1.54) is 0 Å². The van der Waals surface area contributed by atoms with Gasteiger partial charge in [-0.2, -0.15) is 0 Å². The Bertz CT molecular complexity index is 684. The van der Waals surface area contributed by atoms with Gasteiger partial charge in [-0.05, 0) is 55.7 Å². The van der Waals surface area contributed by atoms with Crippen molar-refractivity contribution in [2.45, 2.75) is 26.8 Å². The van der Waals surface area contributed by atoms with E-state index >= 15 is 0 Å². The largest absolute Gasteiger partial charge is 0.497 e. The zero-order valence-electron chi connectivity index (χ0n) is 14.6. The molecule has 1 unspecified atom stereocenters. The molecule has 2 rings (SSSR count). The van der Waals surface area contributed by atoms with Crippen molar-refractivity contribution in [2.75, 3.05) is 13.8 Å². The molecule has 2 aromatic carbocycles. The van der Waals surface area contributed by atoms with Crippen LogP contribution in [0.1, 0.15) is 29.7 Å². The quantitative estimate of drug-likeness (QED) is 0.795. The molecule has 0 bridgehead atoms. The van der Waals surface area contributed by atoms with Crippen LogP contribution in [0.15, 0.2) is 42.5 Å². The maximum atomic E-state index is 12.0. The Kier molecular flexibility index (Phi) is 6.07. The average Bonchev–Trinajstić information content (AvgIpc) is 2.58. The first-order valence-electron chi connectivity index (χ1n) is 7.88. The molecule has 24 heavy (non-hydrogen) atoms. The van der Waals surface area contributed by atoms with Crippen molar-refractivity contribution < 1.29 is 14.3 Å². The summed E-state index contributed by atoms with van der Waals surface area (Å²) in [5, 5.41) is 5.58. The second-order valence-corrected chi connectivity index (χ2v) is 5.63. The zero-order valence-corrected chi connectivity index (χ0v) is 14.6. The highest BCUT2D eigenvalue weighted by atomic mass is 16.5. The zero-order chi connectivity index (χ0) is 17.5. The van der Waals surface area contributed by atoms with E-state index in [1.54, 1.807) is 7.11 Å². The van der Waals surface area contributed by atoms with Crippen LogP contribution in [-0.4, -0.2) is 19.9 Å². The van der Waals surface area contributed by atoms with Gasteiger partial charge in [-0.25, -0.2) is 4.79 Å². The molecule has 0 radical (unpaired) electrons. The van der Waals surface area contributed by atoms with E-state index in [0.717, 1.165) is 28.2 Å². The van der Waals surface area contributed by atoms with Gasteiger partial charge in [0, 0.05) is 0 Å². The maximum Gasteiger partial charge on any atom is 0.317 e. The van der Waals surface area contributed by atoms with Gasteiger partial charge >= 0.3 is 6.03 Å². The first-order valence-corrected chi connectivity index (χ1v) is 7.88. The first-order chi connectivity index (χ1) is 11.5. The molecule has 0 fully saturated rings. The van der Waals surface area contributed by atoms with Crippen LogP contribution in [0.4, 0.5) is 4.79 Å². The Balaban J connectivity index is 1.81. The van der Waals surface area contributed by atoms with Crippen LogP contribution in [0.2, 0.25) is 0 Å². The topological polar surface area (TPSA) is 59.6 Å². The van der Waals surface area contributed by atoms with E-state index in [2.05, 4.69) is 10.6 Å². The third-order valence-corrected chi connectivity index (χ3v) is 3.98. The Morgan fingerprint density at radius 1 is 1.12 bits per heavy atom. The minimum Gasteiger partial charge on any atom is -0.497 e. The Morgan fingerprint density at radius 3 is 2.50 bits per heavy atom. The van der Waals surface area contributed by atoms with Crippen molar-refractivity contribution in [2.24, 2.45) is 0 Å². The van der Waals surface area contributed by atoms with Crippen LogP contribution in [0, 0.1) is 13.8 Å². The molecule has 0 saturated heterocycles. The van der Waals surface area contributed by atoms with E-state index in [1.807, 2.05) is 63.2 Å². The summed E-state index contributed by atoms with van der Waals surface area (Å²) >= 11 is 0. The molecule has 5 heteroatoms. The molecular weight excluding hydrogens is 304 g/mol. The summed E-state index contributed by atoms with van der Waals surface area (Å²) < 4.78 is 10.7. The number of rotatable bonds is 6. The van der Waals surface area contributed by atoms with Gasteiger partial charge < -0.3 is 20.1 Å². The number of nitrogens with one attached hydrogen (secondary N) is 2. The van der Waals surface area contributed by atoms with E-state index in [0.29, 0.717) is 0 Å². The second kappa shape index (κ2) is 8.24. The number of benzene rings is 2. The molecule has 2 N–H and O–H groups in total. The molecule has 5 nitrogen and oxygen atoms in total. The summed E-state index contributed by atoms with van der Waals surface area (Å²) in [4.78, 5) is 12.0. The molecular formula is C19H24N2O3. The summed E-state index contributed by atoms with van der Waals surface area (Å²) in [7, 11) is 1.63. The summed E-state index contributed by atoms with van der Waals surface area (Å²) in [6.45, 7) is 6.06. The van der Waals surface area contributed by atoms with Crippen LogP contribution >= 0.6 is 0 Å². The lowest BCUT2D eigenvalue weighted by molar-refractivity contribution is 0.221. The average molecular weight is 328 g/mol. The summed E-state index contributed by atoms with van der Waals surface area (Å²) in [5.41, 5.74) is 3.23. The van der Waals surface area contributed by atoms with Crippen molar-refractivity contribution in [1.29, 1.82) is 0 Å². The van der Waals surface area contributed by atoms with E-state index < -0.39 is 0 Å². The second-order valence-electron chi connectivity index (χ2n) is 5.63. The number of hydrogen-bond acceptors (Lipinski definition) is 3. The standard InChI is InChI=1S/C19H24N2O3/c1-13-6-5-7-18(14(13)2)24-12-20-19(22)21-15(3)16-8-10-17(23-4)11-9-16/h5-11,15H,12H2,1-4H3,(H2,20,21,22). The fourth-order valence-corrected chi connectivity index (χ4v) is 2.28. The third-order valence-electron chi connectivity index (χ3n) is 3.98. The van der Waals surface area contributed by atoms with Gasteiger partial charge in [-0.3, -0.25) is 0 Å². The van der Waals surface area contributed by atoms with E-state index in [9.17, 15) is 4.79 Å². The lowest BCUT2D eigenvalue weighted by atomic mass is 10.1. The summed E-state index contributed by atoms with van der Waals surface area (Å²) in [5.74, 6) is 1.57.